The molecule has 0 saturated carbocycles. The van der Waals surface area contributed by atoms with Crippen molar-refractivity contribution in [3.05, 3.63) is 376 Å². The number of aromatic nitrogens is 7. The van der Waals surface area contributed by atoms with Gasteiger partial charge in [0.1, 0.15) is 0 Å². The van der Waals surface area contributed by atoms with Gasteiger partial charge in [-0.05, 0) is 148 Å². The van der Waals surface area contributed by atoms with Crippen LogP contribution in [0.25, 0.3) is 140 Å². The first-order chi connectivity index (χ1) is 52.5. The maximum atomic E-state index is 5.85. The molecule has 10 heteroatoms. The molecule has 0 radical (unpaired) electrons. The van der Waals surface area contributed by atoms with Crippen LogP contribution < -0.4 is 26.2 Å². The van der Waals surface area contributed by atoms with Gasteiger partial charge in [-0.1, -0.05) is 267 Å². The molecule has 106 heavy (non-hydrogen) atoms. The van der Waals surface area contributed by atoms with E-state index in [1.54, 1.807) is 0 Å². The number of hydrogen-bond donors (Lipinski definition) is 0. The molecule has 0 aliphatic carbocycles. The van der Waals surface area contributed by atoms with Gasteiger partial charge in [0.05, 0.1) is 39.5 Å². The second-order valence-corrected chi connectivity index (χ2v) is 26.9. The first-order valence-electron chi connectivity index (χ1n) is 35.9. The minimum atomic E-state index is -0.0203. The summed E-state index contributed by atoms with van der Waals surface area (Å²) < 4.78 is 2.40. The second-order valence-electron chi connectivity index (χ2n) is 26.9. The Morgan fingerprint density at radius 2 is 0.604 bits per heavy atom. The summed E-state index contributed by atoms with van der Waals surface area (Å²) in [7, 11) is 0. The predicted molar refractivity (Wildman–Crippen MR) is 436 cm³/mol. The minimum Gasteiger partial charge on any atom is -0.311 e. The van der Waals surface area contributed by atoms with Gasteiger partial charge < -0.3 is 14.4 Å². The van der Waals surface area contributed by atoms with E-state index in [9.17, 15) is 0 Å². The summed E-state index contributed by atoms with van der Waals surface area (Å²) in [6.45, 7) is -0.0203. The van der Waals surface area contributed by atoms with Crippen molar-refractivity contribution in [1.29, 1.82) is 0 Å². The molecule has 20 rings (SSSR count). The third-order valence-electron chi connectivity index (χ3n) is 20.6. The number of rotatable bonds is 13. The van der Waals surface area contributed by atoms with Gasteiger partial charge in [-0.25, -0.2) is 29.9 Å². The fraction of sp³-hybridized carbons (Fsp3) is 0. The number of pyridine rings is 1. The van der Waals surface area contributed by atoms with Gasteiger partial charge in [-0.15, -0.1) is 0 Å². The highest BCUT2D eigenvalue weighted by Crippen LogP contribution is 2.48. The van der Waals surface area contributed by atoms with Crippen LogP contribution in [-0.2, 0) is 0 Å². The summed E-state index contributed by atoms with van der Waals surface area (Å²) in [5.41, 5.74) is 28.4. The lowest BCUT2D eigenvalue weighted by atomic mass is 9.33. The lowest BCUT2D eigenvalue weighted by molar-refractivity contribution is 1.07. The van der Waals surface area contributed by atoms with Crippen LogP contribution in [0.15, 0.2) is 376 Å². The van der Waals surface area contributed by atoms with Crippen LogP contribution in [0.5, 0.6) is 0 Å². The topological polar surface area (TPSA) is 88.8 Å². The van der Waals surface area contributed by atoms with Gasteiger partial charge in [0.15, 0.2) is 23.3 Å². The number of hydrogen-bond acceptors (Lipinski definition) is 8. The standard InChI is InChI=1S/C96H62BN9/c1-8-29-63(30-9-1)81-58-72(59-82(98-81)64-31-10-2-11-32-64)69-51-53-87(106-85-48-25-22-45-76(85)77-57-71(52-54-86(77)106)96-102-93(66-35-14-4-15-36-66)101-94(103-96)67-37-16-5-17-38-67)78(56-69)84-62-83(65-33-12-3-13-34-65)99-95(100-84)70-40-28-39-68(55-70)73-60-90-92-91(61-73)105(75-43-20-7-21-44-75)89-50-27-24-47-80(89)97(92)79-46-23-26-49-88(79)104(90)74-41-18-6-19-42-74/h1-62H. The van der Waals surface area contributed by atoms with Crippen LogP contribution in [0, 0.1) is 0 Å². The third-order valence-corrected chi connectivity index (χ3v) is 20.6. The first kappa shape index (κ1) is 61.6. The fourth-order valence-corrected chi connectivity index (χ4v) is 15.7. The Balaban J connectivity index is 0.802. The van der Waals surface area contributed by atoms with Crippen molar-refractivity contribution in [1.82, 2.24) is 34.5 Å². The van der Waals surface area contributed by atoms with Gasteiger partial charge in [0.2, 0.25) is 0 Å². The number of fused-ring (bicyclic) bond motifs is 7. The Morgan fingerprint density at radius 1 is 0.208 bits per heavy atom. The van der Waals surface area contributed by atoms with Crippen molar-refractivity contribution in [3.63, 3.8) is 0 Å². The summed E-state index contributed by atoms with van der Waals surface area (Å²) in [5.74, 6) is 2.38. The molecule has 9 nitrogen and oxygen atoms in total. The van der Waals surface area contributed by atoms with E-state index in [2.05, 4.69) is 330 Å². The molecule has 0 spiro atoms. The van der Waals surface area contributed by atoms with E-state index in [0.29, 0.717) is 23.3 Å². The van der Waals surface area contributed by atoms with E-state index >= 15 is 0 Å². The summed E-state index contributed by atoms with van der Waals surface area (Å²) in [5, 5.41) is 2.12. The van der Waals surface area contributed by atoms with Crippen LogP contribution in [-0.4, -0.2) is 41.2 Å². The number of nitrogens with zero attached hydrogens (tertiary/aromatic N) is 9. The van der Waals surface area contributed by atoms with Crippen LogP contribution in [0.1, 0.15) is 0 Å². The molecule has 494 valence electrons. The Morgan fingerprint density at radius 3 is 1.16 bits per heavy atom. The predicted octanol–water partition coefficient (Wildman–Crippen LogP) is 21.9. The summed E-state index contributed by atoms with van der Waals surface area (Å²) in [4.78, 5) is 37.2. The Kier molecular flexibility index (Phi) is 15.1. The molecule has 0 amide bonds. The summed E-state index contributed by atoms with van der Waals surface area (Å²) >= 11 is 0. The van der Waals surface area contributed by atoms with Crippen molar-refractivity contribution in [2.45, 2.75) is 0 Å². The van der Waals surface area contributed by atoms with Gasteiger partial charge in [-0.3, -0.25) is 0 Å². The van der Waals surface area contributed by atoms with E-state index in [1.165, 1.54) is 16.4 Å². The maximum Gasteiger partial charge on any atom is 0.252 e. The minimum absolute atomic E-state index is 0.0203. The zero-order chi connectivity index (χ0) is 70.0. The van der Waals surface area contributed by atoms with Crippen molar-refractivity contribution in [3.8, 4) is 119 Å². The molecule has 0 fully saturated rings. The Hall–Kier alpha value is -14.2. The van der Waals surface area contributed by atoms with Gasteiger partial charge >= 0.3 is 0 Å². The fourth-order valence-electron chi connectivity index (χ4n) is 15.7. The highest BCUT2D eigenvalue weighted by atomic mass is 15.2. The molecule has 0 atom stereocenters. The van der Waals surface area contributed by atoms with Crippen molar-refractivity contribution < 1.29 is 0 Å². The lowest BCUT2D eigenvalue weighted by Crippen LogP contribution is -2.61. The molecule has 2 aliphatic rings. The Labute approximate surface area is 614 Å². The summed E-state index contributed by atoms with van der Waals surface area (Å²) in [6.07, 6.45) is 0. The van der Waals surface area contributed by atoms with Crippen LogP contribution >= 0.6 is 0 Å². The SMILES string of the molecule is c1ccc(-c2cc(-c3ccc(-n4c5ccccc5c5cc(-c6nc(-c7ccccc7)nc(-c7ccccc7)n6)ccc54)c(-c4cc(-c5ccccc5)nc(-c5cccc(-c6cc7c8c(c6)N(c6ccccc6)c6ccccc6B8c6ccccc6N7c6ccccc6)c5)n4)c3)cc(-c3ccccc3)n2)cc1. The van der Waals surface area contributed by atoms with Gasteiger partial charge in [0.25, 0.3) is 6.71 Å². The average Bonchev–Trinajstić information content (AvgIpc) is 0.854. The van der Waals surface area contributed by atoms with E-state index in [0.717, 1.165) is 151 Å². The summed E-state index contributed by atoms with van der Waals surface area (Å²) in [6, 6.07) is 134. The molecular formula is C96H62BN9. The number of anilines is 6. The Bertz CT molecular complexity index is 6170. The normalized spacial score (nSPS) is 12.1. The van der Waals surface area contributed by atoms with Crippen molar-refractivity contribution in [2.24, 2.45) is 0 Å². The molecule has 0 unspecified atom stereocenters. The van der Waals surface area contributed by atoms with Crippen molar-refractivity contribution >= 4 is 79.0 Å². The third kappa shape index (κ3) is 10.9. The highest BCUT2D eigenvalue weighted by Gasteiger charge is 2.43. The molecule has 6 heterocycles. The van der Waals surface area contributed by atoms with E-state index < -0.39 is 0 Å². The highest BCUT2D eigenvalue weighted by molar-refractivity contribution is 7.00. The maximum absolute atomic E-state index is 5.85. The molecule has 4 aromatic heterocycles. The molecule has 18 aromatic rings. The smallest absolute Gasteiger partial charge is 0.252 e. The van der Waals surface area contributed by atoms with Gasteiger partial charge in [0, 0.05) is 89.4 Å². The molecule has 0 N–H and O–H groups in total. The zero-order valence-electron chi connectivity index (χ0n) is 57.4. The molecule has 0 saturated heterocycles. The van der Waals surface area contributed by atoms with Crippen LogP contribution in [0.3, 0.4) is 0 Å². The van der Waals surface area contributed by atoms with E-state index in [1.807, 2.05) is 60.7 Å². The van der Waals surface area contributed by atoms with E-state index in [-0.39, 0.29) is 6.71 Å². The van der Waals surface area contributed by atoms with E-state index in [4.69, 9.17) is 29.9 Å². The largest absolute Gasteiger partial charge is 0.311 e. The molecule has 14 aromatic carbocycles. The average molecular weight is 1350 g/mol. The zero-order valence-corrected chi connectivity index (χ0v) is 57.4. The second kappa shape index (κ2) is 26.0. The molecular weight excluding hydrogens is 1290 g/mol. The monoisotopic (exact) mass is 1350 g/mol. The van der Waals surface area contributed by atoms with Crippen LogP contribution in [0.2, 0.25) is 0 Å². The molecule has 0 bridgehead atoms. The molecule has 2 aliphatic heterocycles. The van der Waals surface area contributed by atoms with Crippen molar-refractivity contribution in [2.75, 3.05) is 9.80 Å². The number of para-hydroxylation sites is 5. The first-order valence-corrected chi connectivity index (χ1v) is 35.9. The number of benzene rings is 14. The van der Waals surface area contributed by atoms with Crippen LogP contribution in [0.4, 0.5) is 34.1 Å². The lowest BCUT2D eigenvalue weighted by Gasteiger charge is -2.44. The van der Waals surface area contributed by atoms with Gasteiger partial charge in [-0.2, -0.15) is 0 Å². The quantitative estimate of drug-likeness (QED) is 0.106.